The van der Waals surface area contributed by atoms with Gasteiger partial charge in [0, 0.05) is 5.88 Å². The Balaban J connectivity index is 1.88. The van der Waals surface area contributed by atoms with Gasteiger partial charge in [-0.2, -0.15) is 0 Å². The lowest BCUT2D eigenvalue weighted by molar-refractivity contribution is 0.215. The molecule has 0 spiro atoms. The van der Waals surface area contributed by atoms with Crippen molar-refractivity contribution in [2.24, 2.45) is 0 Å². The third-order valence-electron chi connectivity index (χ3n) is 3.02. The predicted molar refractivity (Wildman–Crippen MR) is 82.9 cm³/mol. The Morgan fingerprint density at radius 1 is 0.900 bits per heavy atom. The lowest BCUT2D eigenvalue weighted by atomic mass is 10.1. The van der Waals surface area contributed by atoms with Gasteiger partial charge in [0.2, 0.25) is 0 Å². The number of benzene rings is 2. The molecule has 0 fully saturated rings. The number of hydrogen-bond acceptors (Lipinski definition) is 2. The van der Waals surface area contributed by atoms with Gasteiger partial charge in [0.05, 0.1) is 0 Å². The molecule has 0 heterocycles. The fourth-order valence-corrected chi connectivity index (χ4v) is 2.32. The summed E-state index contributed by atoms with van der Waals surface area (Å²) in [5.41, 5.74) is 3.34. The maximum atomic E-state index is 5.86. The molecule has 2 aromatic carbocycles. The lowest BCUT2D eigenvalue weighted by Crippen LogP contribution is -2.10. The van der Waals surface area contributed by atoms with Gasteiger partial charge in [-0.15, -0.1) is 11.6 Å². The Bertz CT molecular complexity index is 529. The van der Waals surface area contributed by atoms with Crippen LogP contribution in [0.3, 0.4) is 0 Å². The van der Waals surface area contributed by atoms with E-state index >= 15 is 0 Å². The van der Waals surface area contributed by atoms with Crippen LogP contribution in [0.15, 0.2) is 42.5 Å². The molecular formula is C17H19ClO2. The number of rotatable bonds is 6. The van der Waals surface area contributed by atoms with Gasteiger partial charge in [-0.3, -0.25) is 0 Å². The van der Waals surface area contributed by atoms with Crippen LogP contribution in [0.2, 0.25) is 0 Å². The van der Waals surface area contributed by atoms with E-state index in [-0.39, 0.29) is 0 Å². The van der Waals surface area contributed by atoms with Crippen molar-refractivity contribution in [3.63, 3.8) is 0 Å². The summed E-state index contributed by atoms with van der Waals surface area (Å²) in [5, 5.41) is 0. The fourth-order valence-electron chi connectivity index (χ4n) is 2.16. The maximum absolute atomic E-state index is 5.86. The van der Waals surface area contributed by atoms with Crippen molar-refractivity contribution < 1.29 is 9.47 Å². The molecular weight excluding hydrogens is 272 g/mol. The first kappa shape index (κ1) is 14.7. The molecule has 20 heavy (non-hydrogen) atoms. The van der Waals surface area contributed by atoms with Crippen LogP contribution in [0.4, 0.5) is 0 Å². The lowest BCUT2D eigenvalue weighted by Gasteiger charge is -2.14. The van der Waals surface area contributed by atoms with E-state index in [2.05, 4.69) is 12.1 Å². The van der Waals surface area contributed by atoms with Crippen LogP contribution in [0.1, 0.15) is 16.7 Å². The molecule has 0 bridgehead atoms. The molecule has 0 unspecified atom stereocenters. The van der Waals surface area contributed by atoms with E-state index in [1.807, 2.05) is 44.2 Å². The quantitative estimate of drug-likeness (QED) is 0.576. The number of aryl methyl sites for hydroxylation is 2. The molecule has 0 aliphatic rings. The summed E-state index contributed by atoms with van der Waals surface area (Å²) in [7, 11) is 0. The average molecular weight is 291 g/mol. The van der Waals surface area contributed by atoms with Gasteiger partial charge >= 0.3 is 0 Å². The minimum Gasteiger partial charge on any atom is -0.490 e. The first-order chi connectivity index (χ1) is 9.70. The fraction of sp³-hybridized carbons (Fsp3) is 0.294. The molecule has 0 radical (unpaired) electrons. The Hall–Kier alpha value is -1.67. The number of ether oxygens (including phenoxy) is 2. The van der Waals surface area contributed by atoms with E-state index in [0.717, 1.165) is 28.2 Å². The summed E-state index contributed by atoms with van der Waals surface area (Å²) in [5.74, 6) is 2.32. The van der Waals surface area contributed by atoms with Crippen LogP contribution in [0.25, 0.3) is 0 Å². The zero-order chi connectivity index (χ0) is 14.4. The predicted octanol–water partition coefficient (Wildman–Crippen LogP) is 4.50. The molecule has 2 nitrogen and oxygen atoms in total. The summed E-state index contributed by atoms with van der Waals surface area (Å²) in [6.45, 7) is 5.13. The molecule has 0 aliphatic carbocycles. The van der Waals surface area contributed by atoms with Gasteiger partial charge in [-0.25, -0.2) is 0 Å². The first-order valence-electron chi connectivity index (χ1n) is 6.67. The highest BCUT2D eigenvalue weighted by molar-refractivity contribution is 6.17. The monoisotopic (exact) mass is 290 g/mol. The van der Waals surface area contributed by atoms with E-state index in [1.165, 1.54) is 0 Å². The van der Waals surface area contributed by atoms with Gasteiger partial charge < -0.3 is 9.47 Å². The first-order valence-corrected chi connectivity index (χ1v) is 7.21. The summed E-state index contributed by atoms with van der Waals surface area (Å²) in [4.78, 5) is 0. The second kappa shape index (κ2) is 7.20. The number of alkyl halides is 1. The molecule has 0 N–H and O–H groups in total. The standard InChI is InChI=1S/C17H19ClO2/c1-13-10-15(12-18)11-14(2)17(13)20-9-8-19-16-6-4-3-5-7-16/h3-7,10-11H,8-9,12H2,1-2H3. The molecule has 3 heteroatoms. The van der Waals surface area contributed by atoms with Crippen LogP contribution in [0.5, 0.6) is 11.5 Å². The molecule has 0 atom stereocenters. The third kappa shape index (κ3) is 3.91. The zero-order valence-corrected chi connectivity index (χ0v) is 12.6. The number of halogens is 1. The zero-order valence-electron chi connectivity index (χ0n) is 11.9. The van der Waals surface area contributed by atoms with Crippen molar-refractivity contribution in [1.82, 2.24) is 0 Å². The van der Waals surface area contributed by atoms with E-state index in [9.17, 15) is 0 Å². The van der Waals surface area contributed by atoms with E-state index in [4.69, 9.17) is 21.1 Å². The highest BCUT2D eigenvalue weighted by Gasteiger charge is 2.06. The van der Waals surface area contributed by atoms with Gasteiger partial charge in [-0.1, -0.05) is 30.3 Å². The van der Waals surface area contributed by atoms with Crippen molar-refractivity contribution in [3.05, 3.63) is 59.2 Å². The SMILES string of the molecule is Cc1cc(CCl)cc(C)c1OCCOc1ccccc1. The maximum Gasteiger partial charge on any atom is 0.125 e. The van der Waals surface area contributed by atoms with Crippen molar-refractivity contribution in [2.45, 2.75) is 19.7 Å². The summed E-state index contributed by atoms with van der Waals surface area (Å²) < 4.78 is 11.4. The molecule has 0 aromatic heterocycles. The largest absolute Gasteiger partial charge is 0.490 e. The molecule has 0 saturated carbocycles. The molecule has 106 valence electrons. The molecule has 2 rings (SSSR count). The highest BCUT2D eigenvalue weighted by atomic mass is 35.5. The average Bonchev–Trinajstić information content (AvgIpc) is 2.46. The van der Waals surface area contributed by atoms with Crippen LogP contribution < -0.4 is 9.47 Å². The van der Waals surface area contributed by atoms with Crippen LogP contribution >= 0.6 is 11.6 Å². The Morgan fingerprint density at radius 3 is 2.10 bits per heavy atom. The topological polar surface area (TPSA) is 18.5 Å². The molecule has 2 aromatic rings. The third-order valence-corrected chi connectivity index (χ3v) is 3.32. The molecule has 0 aliphatic heterocycles. The van der Waals surface area contributed by atoms with E-state index < -0.39 is 0 Å². The second-order valence-electron chi connectivity index (χ2n) is 4.70. The van der Waals surface area contributed by atoms with Gasteiger partial charge in [-0.05, 0) is 42.7 Å². The second-order valence-corrected chi connectivity index (χ2v) is 4.97. The van der Waals surface area contributed by atoms with Crippen molar-refractivity contribution in [1.29, 1.82) is 0 Å². The minimum atomic E-state index is 0.525. The van der Waals surface area contributed by atoms with Crippen LogP contribution in [0, 0.1) is 13.8 Å². The number of hydrogen-bond donors (Lipinski definition) is 0. The van der Waals surface area contributed by atoms with Gasteiger partial charge in [0.25, 0.3) is 0 Å². The summed E-state index contributed by atoms with van der Waals surface area (Å²) >= 11 is 5.86. The summed E-state index contributed by atoms with van der Waals surface area (Å²) in [6, 6.07) is 13.9. The van der Waals surface area contributed by atoms with Crippen molar-refractivity contribution in [2.75, 3.05) is 13.2 Å². The highest BCUT2D eigenvalue weighted by Crippen LogP contribution is 2.25. The Kier molecular flexibility index (Phi) is 5.31. The summed E-state index contributed by atoms with van der Waals surface area (Å²) in [6.07, 6.45) is 0. The van der Waals surface area contributed by atoms with Crippen molar-refractivity contribution in [3.8, 4) is 11.5 Å². The smallest absolute Gasteiger partial charge is 0.125 e. The van der Waals surface area contributed by atoms with Gasteiger partial charge in [0.15, 0.2) is 0 Å². The van der Waals surface area contributed by atoms with Crippen molar-refractivity contribution >= 4 is 11.6 Å². The Morgan fingerprint density at radius 2 is 1.50 bits per heavy atom. The van der Waals surface area contributed by atoms with E-state index in [1.54, 1.807) is 0 Å². The van der Waals surface area contributed by atoms with Crippen LogP contribution in [-0.2, 0) is 5.88 Å². The number of para-hydroxylation sites is 1. The van der Waals surface area contributed by atoms with Crippen LogP contribution in [-0.4, -0.2) is 13.2 Å². The normalized spacial score (nSPS) is 10.3. The Labute approximate surface area is 125 Å². The van der Waals surface area contributed by atoms with Gasteiger partial charge in [0.1, 0.15) is 24.7 Å². The molecule has 0 amide bonds. The minimum absolute atomic E-state index is 0.525. The van der Waals surface area contributed by atoms with E-state index in [0.29, 0.717) is 19.1 Å². The molecule has 0 saturated heterocycles.